The Morgan fingerprint density at radius 3 is 2.56 bits per heavy atom. The number of halogens is 3. The molecule has 1 amide bonds. The second-order valence-corrected chi connectivity index (χ2v) is 11.0. The Bertz CT molecular complexity index is 1870. The van der Waals surface area contributed by atoms with Crippen LogP contribution in [0.1, 0.15) is 38.9 Å². The summed E-state index contributed by atoms with van der Waals surface area (Å²) in [6.07, 6.45) is 4.68. The largest absolute Gasteiger partial charge is 0.487 e. The Hall–Kier alpha value is -4.14. The van der Waals surface area contributed by atoms with Crippen LogP contribution in [0.2, 0.25) is 15.1 Å². The number of rotatable bonds is 9. The Balaban J connectivity index is 1.40. The number of carbonyl (C=O) groups is 2. The quantitative estimate of drug-likeness (QED) is 0.164. The number of ether oxygens (including phenoxy) is 1. The molecule has 3 N–H and O–H groups in total. The first-order valence-electron chi connectivity index (χ1n) is 13.3. The van der Waals surface area contributed by atoms with Gasteiger partial charge in [-0.1, -0.05) is 71.2 Å². The Labute approximate surface area is 263 Å². The van der Waals surface area contributed by atoms with E-state index in [2.05, 4.69) is 10.3 Å². The number of hydrogen-bond acceptors (Lipinski definition) is 5. The zero-order valence-electron chi connectivity index (χ0n) is 23.3. The van der Waals surface area contributed by atoms with Crippen LogP contribution in [0.3, 0.4) is 0 Å². The highest BCUT2D eigenvalue weighted by molar-refractivity contribution is 6.37. The van der Waals surface area contributed by atoms with Gasteiger partial charge in [-0.25, -0.2) is 4.98 Å². The molecule has 43 heavy (non-hydrogen) atoms. The van der Waals surface area contributed by atoms with E-state index >= 15 is 0 Å². The molecule has 7 nitrogen and oxygen atoms in total. The second-order valence-electron chi connectivity index (χ2n) is 9.80. The molecule has 0 saturated heterocycles. The molecule has 2 aromatic heterocycles. The SMILES string of the molecule is CNC(=O)c1ccc(/C=C/C(=O)C(N)c2cc(Cl)cn2-c2ccc(Cl)c(COc3cccc4ccc(C)nc34)c2Cl)cc1. The first-order chi connectivity index (χ1) is 20.7. The number of nitrogens with one attached hydrogen (secondary N) is 1. The first kappa shape index (κ1) is 30.3. The number of carbonyl (C=O) groups excluding carboxylic acids is 2. The summed E-state index contributed by atoms with van der Waals surface area (Å²) in [5.41, 5.74) is 10.8. The Morgan fingerprint density at radius 1 is 1.05 bits per heavy atom. The van der Waals surface area contributed by atoms with Gasteiger partial charge in [-0.05, 0) is 61.0 Å². The van der Waals surface area contributed by atoms with Crippen LogP contribution in [0.15, 0.2) is 85.1 Å². The molecular formula is C33H27Cl3N4O3. The van der Waals surface area contributed by atoms with Crippen LogP contribution in [0.4, 0.5) is 0 Å². The van der Waals surface area contributed by atoms with Crippen molar-refractivity contribution in [3.8, 4) is 11.4 Å². The molecule has 3 aromatic carbocycles. The van der Waals surface area contributed by atoms with Crippen LogP contribution in [0, 0.1) is 6.92 Å². The van der Waals surface area contributed by atoms with Gasteiger partial charge in [-0.2, -0.15) is 0 Å². The van der Waals surface area contributed by atoms with Gasteiger partial charge < -0.3 is 20.4 Å². The molecule has 218 valence electrons. The number of aryl methyl sites for hydroxylation is 1. The van der Waals surface area contributed by atoms with E-state index in [1.165, 1.54) is 6.08 Å². The van der Waals surface area contributed by atoms with Gasteiger partial charge in [0.2, 0.25) is 0 Å². The molecule has 0 bridgehead atoms. The average molecular weight is 634 g/mol. The maximum Gasteiger partial charge on any atom is 0.251 e. The van der Waals surface area contributed by atoms with Crippen LogP contribution >= 0.6 is 34.8 Å². The van der Waals surface area contributed by atoms with Crippen LogP contribution in [0.25, 0.3) is 22.7 Å². The molecule has 2 heterocycles. The number of fused-ring (bicyclic) bond motifs is 1. The number of ketones is 1. The number of amides is 1. The van der Waals surface area contributed by atoms with Crippen molar-refractivity contribution >= 4 is 63.5 Å². The summed E-state index contributed by atoms with van der Waals surface area (Å²) in [5.74, 6) is 0.0624. The van der Waals surface area contributed by atoms with Gasteiger partial charge in [0.05, 0.1) is 15.7 Å². The van der Waals surface area contributed by atoms with Crippen LogP contribution in [-0.2, 0) is 11.4 Å². The van der Waals surface area contributed by atoms with E-state index in [9.17, 15) is 9.59 Å². The minimum Gasteiger partial charge on any atom is -0.487 e. The molecule has 1 unspecified atom stereocenters. The highest BCUT2D eigenvalue weighted by Crippen LogP contribution is 2.35. The maximum absolute atomic E-state index is 13.1. The van der Waals surface area contributed by atoms with E-state index < -0.39 is 6.04 Å². The van der Waals surface area contributed by atoms with Crippen molar-refractivity contribution in [2.75, 3.05) is 7.05 Å². The molecule has 10 heteroatoms. The predicted octanol–water partition coefficient (Wildman–Crippen LogP) is 7.52. The van der Waals surface area contributed by atoms with Crippen molar-refractivity contribution in [3.63, 3.8) is 0 Å². The van der Waals surface area contributed by atoms with E-state index in [1.54, 1.807) is 66.4 Å². The number of hydrogen-bond donors (Lipinski definition) is 2. The van der Waals surface area contributed by atoms with Gasteiger partial charge in [0.25, 0.3) is 5.91 Å². The van der Waals surface area contributed by atoms with Gasteiger partial charge in [-0.15, -0.1) is 0 Å². The molecule has 0 aliphatic carbocycles. The molecule has 1 atom stereocenters. The summed E-state index contributed by atoms with van der Waals surface area (Å²) in [6.45, 7) is 2.00. The minimum absolute atomic E-state index is 0.0804. The number of aromatic nitrogens is 2. The van der Waals surface area contributed by atoms with Crippen molar-refractivity contribution in [2.45, 2.75) is 19.6 Å². The first-order valence-corrected chi connectivity index (χ1v) is 14.4. The lowest BCUT2D eigenvalue weighted by Gasteiger charge is -2.18. The van der Waals surface area contributed by atoms with Crippen LogP contribution in [0.5, 0.6) is 5.75 Å². The van der Waals surface area contributed by atoms with Gasteiger partial charge in [0, 0.05) is 46.2 Å². The monoisotopic (exact) mass is 632 g/mol. The number of pyridine rings is 1. The third-order valence-electron chi connectivity index (χ3n) is 6.90. The lowest BCUT2D eigenvalue weighted by Crippen LogP contribution is -2.22. The molecule has 0 spiro atoms. The molecule has 0 fully saturated rings. The standard InChI is InChI=1S/C33H27Cl3N4O3/c1-19-6-10-21-4-3-5-29(32(21)39-19)43-18-24-25(35)13-14-26(30(24)36)40-17-23(34)16-27(40)31(37)28(41)15-9-20-7-11-22(12-8-20)33(42)38-2/h3-17,31H,18,37H2,1-2H3,(H,38,42)/b15-9+. The molecule has 5 aromatic rings. The number of benzene rings is 3. The third kappa shape index (κ3) is 6.60. The number of para-hydroxylation sites is 1. The molecular weight excluding hydrogens is 607 g/mol. The average Bonchev–Trinajstić information content (AvgIpc) is 3.40. The van der Waals surface area contributed by atoms with Crippen molar-refractivity contribution < 1.29 is 14.3 Å². The predicted molar refractivity (Wildman–Crippen MR) is 172 cm³/mol. The molecule has 0 radical (unpaired) electrons. The summed E-state index contributed by atoms with van der Waals surface area (Å²) in [5, 5.41) is 4.66. The molecule has 0 aliphatic rings. The van der Waals surface area contributed by atoms with E-state index in [0.29, 0.717) is 43.3 Å². The smallest absolute Gasteiger partial charge is 0.251 e. The fraction of sp³-hybridized carbons (Fsp3) is 0.121. The van der Waals surface area contributed by atoms with Gasteiger partial charge in [0.15, 0.2) is 5.78 Å². The normalized spacial score (nSPS) is 12.0. The molecule has 5 rings (SSSR count). The van der Waals surface area contributed by atoms with Crippen molar-refractivity contribution in [3.05, 3.63) is 128 Å². The van der Waals surface area contributed by atoms with Gasteiger partial charge in [0.1, 0.15) is 23.9 Å². The summed E-state index contributed by atoms with van der Waals surface area (Å²) < 4.78 is 7.84. The number of nitrogens with zero attached hydrogens (tertiary/aromatic N) is 2. The Morgan fingerprint density at radius 2 is 1.81 bits per heavy atom. The minimum atomic E-state index is -1.04. The van der Waals surface area contributed by atoms with Crippen LogP contribution < -0.4 is 15.8 Å². The lowest BCUT2D eigenvalue weighted by molar-refractivity contribution is -0.115. The lowest BCUT2D eigenvalue weighted by atomic mass is 10.1. The highest BCUT2D eigenvalue weighted by atomic mass is 35.5. The summed E-state index contributed by atoms with van der Waals surface area (Å²) in [6, 6.07) is 20.5. The second kappa shape index (κ2) is 13.0. The maximum atomic E-state index is 13.1. The van der Waals surface area contributed by atoms with Gasteiger partial charge >= 0.3 is 0 Å². The fourth-order valence-electron chi connectivity index (χ4n) is 4.60. The van der Waals surface area contributed by atoms with E-state index in [0.717, 1.165) is 22.2 Å². The van der Waals surface area contributed by atoms with Gasteiger partial charge in [-0.3, -0.25) is 9.59 Å². The van der Waals surface area contributed by atoms with E-state index in [-0.39, 0.29) is 18.3 Å². The molecule has 0 saturated carbocycles. The third-order valence-corrected chi connectivity index (χ3v) is 7.88. The summed E-state index contributed by atoms with van der Waals surface area (Å²) in [7, 11) is 1.56. The fourth-order valence-corrected chi connectivity index (χ4v) is 5.38. The summed E-state index contributed by atoms with van der Waals surface area (Å²) >= 11 is 19.8. The van der Waals surface area contributed by atoms with E-state index in [1.807, 2.05) is 37.3 Å². The summed E-state index contributed by atoms with van der Waals surface area (Å²) in [4.78, 5) is 29.5. The van der Waals surface area contributed by atoms with Crippen molar-refractivity contribution in [1.82, 2.24) is 14.9 Å². The Kier molecular flexibility index (Phi) is 9.18. The number of nitrogens with two attached hydrogens (primary N) is 1. The van der Waals surface area contributed by atoms with Crippen LogP contribution in [-0.4, -0.2) is 28.3 Å². The van der Waals surface area contributed by atoms with E-state index in [4.69, 9.17) is 45.3 Å². The molecule has 0 aliphatic heterocycles. The van der Waals surface area contributed by atoms with Crippen molar-refractivity contribution in [2.24, 2.45) is 5.73 Å². The highest BCUT2D eigenvalue weighted by Gasteiger charge is 2.22. The zero-order chi connectivity index (χ0) is 30.7. The topological polar surface area (TPSA) is 99.2 Å². The zero-order valence-corrected chi connectivity index (χ0v) is 25.5. The van der Waals surface area contributed by atoms with Crippen molar-refractivity contribution in [1.29, 1.82) is 0 Å².